The number of nitrogens with zero attached hydrogens (tertiary/aromatic N) is 2. The van der Waals surface area contributed by atoms with Crippen molar-refractivity contribution in [1.29, 1.82) is 0 Å². The summed E-state index contributed by atoms with van der Waals surface area (Å²) in [7, 11) is 0. The lowest BCUT2D eigenvalue weighted by Gasteiger charge is -2.09. The van der Waals surface area contributed by atoms with Gasteiger partial charge in [-0.15, -0.1) is 0 Å². The van der Waals surface area contributed by atoms with E-state index in [1.165, 1.54) is 6.92 Å². The molecule has 0 fully saturated rings. The lowest BCUT2D eigenvalue weighted by molar-refractivity contribution is -0.114. The molecule has 0 saturated carbocycles. The van der Waals surface area contributed by atoms with Crippen LogP contribution in [-0.2, 0) is 11.2 Å². The number of aryl methyl sites for hydroxylation is 1. The summed E-state index contributed by atoms with van der Waals surface area (Å²) in [5, 5.41) is 2.68. The van der Waals surface area contributed by atoms with Crippen LogP contribution in [0.3, 0.4) is 0 Å². The van der Waals surface area contributed by atoms with Gasteiger partial charge in [-0.3, -0.25) is 4.79 Å². The third kappa shape index (κ3) is 3.07. The molecule has 0 aliphatic rings. The molecule has 19 heavy (non-hydrogen) atoms. The summed E-state index contributed by atoms with van der Waals surface area (Å²) in [6, 6.07) is 7.45. The first-order valence-electron chi connectivity index (χ1n) is 6.09. The highest BCUT2D eigenvalue weighted by atomic mass is 16.1. The van der Waals surface area contributed by atoms with Gasteiger partial charge in [-0.1, -0.05) is 19.1 Å². The van der Waals surface area contributed by atoms with Gasteiger partial charge in [0.1, 0.15) is 0 Å². The van der Waals surface area contributed by atoms with Crippen molar-refractivity contribution in [2.75, 3.05) is 11.1 Å². The molecule has 1 amide bonds. The van der Waals surface area contributed by atoms with Gasteiger partial charge in [-0.05, 0) is 18.6 Å². The molecule has 0 spiro atoms. The second-order valence-corrected chi connectivity index (χ2v) is 4.21. The number of carbonyl (C=O) groups is 1. The Labute approximate surface area is 111 Å². The maximum absolute atomic E-state index is 11.1. The molecule has 5 heteroatoms. The van der Waals surface area contributed by atoms with E-state index in [1.54, 1.807) is 6.20 Å². The van der Waals surface area contributed by atoms with Gasteiger partial charge in [0.2, 0.25) is 5.91 Å². The van der Waals surface area contributed by atoms with Crippen LogP contribution in [0.25, 0.3) is 11.3 Å². The Morgan fingerprint density at radius 2 is 2.00 bits per heavy atom. The van der Waals surface area contributed by atoms with Gasteiger partial charge >= 0.3 is 0 Å². The molecule has 1 heterocycles. The fourth-order valence-electron chi connectivity index (χ4n) is 1.74. The van der Waals surface area contributed by atoms with E-state index in [9.17, 15) is 4.79 Å². The molecule has 0 unspecified atom stereocenters. The summed E-state index contributed by atoms with van der Waals surface area (Å²) in [6.45, 7) is 3.43. The van der Waals surface area contributed by atoms with Crippen LogP contribution < -0.4 is 11.1 Å². The van der Waals surface area contributed by atoms with Crippen LogP contribution in [-0.4, -0.2) is 15.9 Å². The van der Waals surface area contributed by atoms with E-state index in [-0.39, 0.29) is 5.91 Å². The summed E-state index contributed by atoms with van der Waals surface area (Å²) >= 11 is 0. The minimum Gasteiger partial charge on any atom is -0.399 e. The van der Waals surface area contributed by atoms with Gasteiger partial charge in [-0.25, -0.2) is 9.97 Å². The van der Waals surface area contributed by atoms with E-state index in [1.807, 2.05) is 31.2 Å². The number of nitrogen functional groups attached to an aromatic ring is 1. The molecule has 0 aliphatic carbocycles. The smallest absolute Gasteiger partial charge is 0.222 e. The van der Waals surface area contributed by atoms with E-state index in [4.69, 9.17) is 5.73 Å². The molecule has 2 rings (SSSR count). The maximum atomic E-state index is 11.1. The Morgan fingerprint density at radius 3 is 2.58 bits per heavy atom. The molecule has 98 valence electrons. The number of carbonyl (C=O) groups excluding carboxylic acids is 1. The molecule has 0 bridgehead atoms. The second kappa shape index (κ2) is 5.48. The summed E-state index contributed by atoms with van der Waals surface area (Å²) in [6.07, 6.45) is 2.35. The Hall–Kier alpha value is -2.43. The molecule has 5 nitrogen and oxygen atoms in total. The fourth-order valence-corrected chi connectivity index (χ4v) is 1.74. The van der Waals surface area contributed by atoms with Gasteiger partial charge in [0.05, 0.1) is 17.6 Å². The van der Waals surface area contributed by atoms with Crippen LogP contribution in [0.15, 0.2) is 30.5 Å². The van der Waals surface area contributed by atoms with E-state index in [0.717, 1.165) is 17.0 Å². The second-order valence-electron chi connectivity index (χ2n) is 4.21. The largest absolute Gasteiger partial charge is 0.399 e. The van der Waals surface area contributed by atoms with Crippen molar-refractivity contribution in [2.24, 2.45) is 0 Å². The van der Waals surface area contributed by atoms with Gasteiger partial charge < -0.3 is 11.1 Å². The van der Waals surface area contributed by atoms with E-state index in [2.05, 4.69) is 15.3 Å². The number of nitrogens with two attached hydrogens (primary N) is 1. The molecule has 2 aromatic rings. The minimum absolute atomic E-state index is 0.149. The van der Waals surface area contributed by atoms with Crippen LogP contribution in [0.5, 0.6) is 0 Å². The lowest BCUT2D eigenvalue weighted by atomic mass is 10.1. The van der Waals surface area contributed by atoms with Crippen molar-refractivity contribution < 1.29 is 4.79 Å². The van der Waals surface area contributed by atoms with E-state index < -0.39 is 0 Å². The third-order valence-electron chi connectivity index (χ3n) is 2.68. The van der Waals surface area contributed by atoms with Gasteiger partial charge in [-0.2, -0.15) is 0 Å². The van der Waals surface area contributed by atoms with Gasteiger partial charge in [0, 0.05) is 18.2 Å². The van der Waals surface area contributed by atoms with Crippen LogP contribution in [0.4, 0.5) is 11.5 Å². The standard InChI is InChI=1S/C14H16N4O/c1-3-12-14(17-9(2)19)16-8-13(18-12)10-4-6-11(15)7-5-10/h4-8H,3,15H2,1-2H3,(H,16,17,19). The highest BCUT2D eigenvalue weighted by Crippen LogP contribution is 2.21. The Balaban J connectivity index is 2.38. The number of hydrogen-bond acceptors (Lipinski definition) is 4. The average Bonchev–Trinajstić information content (AvgIpc) is 2.39. The summed E-state index contributed by atoms with van der Waals surface area (Å²) in [4.78, 5) is 19.9. The molecule has 1 aromatic heterocycles. The predicted octanol–water partition coefficient (Wildman–Crippen LogP) is 2.25. The number of nitrogens with one attached hydrogen (secondary N) is 1. The number of amides is 1. The zero-order chi connectivity index (χ0) is 13.8. The van der Waals surface area contributed by atoms with Crippen LogP contribution >= 0.6 is 0 Å². The molecular weight excluding hydrogens is 240 g/mol. The highest BCUT2D eigenvalue weighted by Gasteiger charge is 2.08. The van der Waals surface area contributed by atoms with E-state index >= 15 is 0 Å². The Morgan fingerprint density at radius 1 is 1.32 bits per heavy atom. The minimum atomic E-state index is -0.149. The molecule has 0 atom stereocenters. The number of aromatic nitrogens is 2. The first kappa shape index (κ1) is 13.0. The highest BCUT2D eigenvalue weighted by molar-refractivity contribution is 5.88. The zero-order valence-corrected chi connectivity index (χ0v) is 11.0. The van der Waals surface area contributed by atoms with Crippen molar-refractivity contribution in [2.45, 2.75) is 20.3 Å². The van der Waals surface area contributed by atoms with Crippen molar-refractivity contribution in [3.63, 3.8) is 0 Å². The van der Waals surface area contributed by atoms with Gasteiger partial charge in [0.25, 0.3) is 0 Å². The van der Waals surface area contributed by atoms with Crippen molar-refractivity contribution in [3.05, 3.63) is 36.2 Å². The molecule has 0 radical (unpaired) electrons. The maximum Gasteiger partial charge on any atom is 0.222 e. The van der Waals surface area contributed by atoms with Crippen molar-refractivity contribution in [3.8, 4) is 11.3 Å². The molecule has 1 aromatic carbocycles. The van der Waals surface area contributed by atoms with Crippen LogP contribution in [0, 0.1) is 0 Å². The number of benzene rings is 1. The Bertz CT molecular complexity index is 593. The van der Waals surface area contributed by atoms with Crippen molar-refractivity contribution in [1.82, 2.24) is 9.97 Å². The summed E-state index contributed by atoms with van der Waals surface area (Å²) < 4.78 is 0. The zero-order valence-electron chi connectivity index (χ0n) is 11.0. The topological polar surface area (TPSA) is 80.9 Å². The summed E-state index contributed by atoms with van der Waals surface area (Å²) in [5.74, 6) is 0.374. The van der Waals surface area contributed by atoms with Crippen LogP contribution in [0.2, 0.25) is 0 Å². The number of rotatable bonds is 3. The number of anilines is 2. The average molecular weight is 256 g/mol. The molecule has 0 saturated heterocycles. The van der Waals surface area contributed by atoms with Crippen molar-refractivity contribution >= 4 is 17.4 Å². The van der Waals surface area contributed by atoms with Crippen LogP contribution in [0.1, 0.15) is 19.5 Å². The first-order valence-corrected chi connectivity index (χ1v) is 6.09. The summed E-state index contributed by atoms with van der Waals surface area (Å²) in [5.41, 5.74) is 8.85. The predicted molar refractivity (Wildman–Crippen MR) is 75.6 cm³/mol. The Kier molecular flexibility index (Phi) is 3.75. The first-order chi connectivity index (χ1) is 9.10. The SMILES string of the molecule is CCc1nc(-c2ccc(N)cc2)cnc1NC(C)=O. The monoisotopic (exact) mass is 256 g/mol. The molecular formula is C14H16N4O. The van der Waals surface area contributed by atoms with E-state index in [0.29, 0.717) is 17.9 Å². The number of hydrogen-bond donors (Lipinski definition) is 2. The molecule has 3 N–H and O–H groups in total. The van der Waals surface area contributed by atoms with Gasteiger partial charge in [0.15, 0.2) is 5.82 Å². The molecule has 0 aliphatic heterocycles. The fraction of sp³-hybridized carbons (Fsp3) is 0.214. The third-order valence-corrected chi connectivity index (χ3v) is 2.68. The quantitative estimate of drug-likeness (QED) is 0.825. The normalized spacial score (nSPS) is 10.2. The lowest BCUT2D eigenvalue weighted by Crippen LogP contribution is -2.11.